The standard InChI is InChI=1S/C28H39N5O3/c1-6-25(35-4)26(36-5)19-22-8-7-20(2)33(28(34)29-23-11-12-23)30-27(22)21-9-13-24(14-10-21)32-17-15-31(3)16-18-32/h6,8-10,13-14,19-20,23H,7,11-12,15-18H2,1-5H3,(H,29,34)/b25-6+,26-19+. The van der Waals surface area contributed by atoms with Crippen molar-refractivity contribution in [1.29, 1.82) is 0 Å². The van der Waals surface area contributed by atoms with E-state index in [9.17, 15) is 4.79 Å². The van der Waals surface area contributed by atoms with Gasteiger partial charge in [0, 0.05) is 49.0 Å². The molecule has 2 amide bonds. The minimum atomic E-state index is -0.145. The van der Waals surface area contributed by atoms with E-state index < -0.39 is 0 Å². The first-order valence-corrected chi connectivity index (χ1v) is 12.8. The average Bonchev–Trinajstić information content (AvgIpc) is 3.72. The van der Waals surface area contributed by atoms with E-state index in [0.717, 1.165) is 55.9 Å². The van der Waals surface area contributed by atoms with Gasteiger partial charge in [0.05, 0.1) is 26.0 Å². The third-order valence-corrected chi connectivity index (χ3v) is 6.93. The first-order valence-electron chi connectivity index (χ1n) is 12.8. The molecular weight excluding hydrogens is 454 g/mol. The highest BCUT2D eigenvalue weighted by molar-refractivity contribution is 6.15. The predicted octanol–water partition coefficient (Wildman–Crippen LogP) is 4.12. The molecule has 1 aliphatic carbocycles. The van der Waals surface area contributed by atoms with Crippen molar-refractivity contribution in [3.63, 3.8) is 0 Å². The van der Waals surface area contributed by atoms with Gasteiger partial charge in [0.25, 0.3) is 0 Å². The molecule has 1 N–H and O–H groups in total. The molecule has 1 saturated carbocycles. The van der Waals surface area contributed by atoms with Crippen LogP contribution in [0.15, 0.2) is 64.7 Å². The Kier molecular flexibility index (Phi) is 8.36. The molecule has 8 nitrogen and oxygen atoms in total. The van der Waals surface area contributed by atoms with Crippen LogP contribution in [0.3, 0.4) is 0 Å². The monoisotopic (exact) mass is 493 g/mol. The van der Waals surface area contributed by atoms with Crippen molar-refractivity contribution in [2.24, 2.45) is 5.10 Å². The third kappa shape index (κ3) is 6.10. The number of methoxy groups -OCH3 is 2. The lowest BCUT2D eigenvalue weighted by molar-refractivity contribution is 0.182. The van der Waals surface area contributed by atoms with E-state index in [-0.39, 0.29) is 18.1 Å². The zero-order valence-electron chi connectivity index (χ0n) is 22.2. The third-order valence-electron chi connectivity index (χ3n) is 6.93. The summed E-state index contributed by atoms with van der Waals surface area (Å²) in [6.07, 6.45) is 8.68. The molecule has 1 atom stereocenters. The average molecular weight is 494 g/mol. The Balaban J connectivity index is 1.70. The number of benzene rings is 1. The van der Waals surface area contributed by atoms with Crippen molar-refractivity contribution in [2.45, 2.75) is 45.2 Å². The Morgan fingerprint density at radius 2 is 1.72 bits per heavy atom. The van der Waals surface area contributed by atoms with Crippen LogP contribution in [0.1, 0.15) is 38.7 Å². The van der Waals surface area contributed by atoms with E-state index in [2.05, 4.69) is 52.5 Å². The number of hydrogen-bond acceptors (Lipinski definition) is 6. The number of amides is 2. The van der Waals surface area contributed by atoms with Crippen LogP contribution in [0.25, 0.3) is 0 Å². The van der Waals surface area contributed by atoms with Crippen LogP contribution < -0.4 is 10.2 Å². The van der Waals surface area contributed by atoms with Gasteiger partial charge in [-0.25, -0.2) is 9.80 Å². The zero-order chi connectivity index (χ0) is 25.7. The minimum Gasteiger partial charge on any atom is -0.493 e. The Labute approximate surface area is 214 Å². The van der Waals surface area contributed by atoms with Crippen LogP contribution in [-0.4, -0.2) is 81.2 Å². The highest BCUT2D eigenvalue weighted by Gasteiger charge is 2.30. The Hall–Kier alpha value is -3.26. The second-order valence-corrected chi connectivity index (χ2v) is 9.67. The van der Waals surface area contributed by atoms with Crippen molar-refractivity contribution in [2.75, 3.05) is 52.3 Å². The van der Waals surface area contributed by atoms with Crippen molar-refractivity contribution in [3.05, 3.63) is 65.1 Å². The van der Waals surface area contributed by atoms with Crippen LogP contribution in [0.2, 0.25) is 0 Å². The van der Waals surface area contributed by atoms with Gasteiger partial charge < -0.3 is 24.6 Å². The van der Waals surface area contributed by atoms with E-state index in [1.807, 2.05) is 26.0 Å². The molecule has 2 aliphatic heterocycles. The summed E-state index contributed by atoms with van der Waals surface area (Å²) >= 11 is 0. The number of nitrogens with zero attached hydrogens (tertiary/aromatic N) is 4. The van der Waals surface area contributed by atoms with Gasteiger partial charge in [-0.05, 0) is 64.4 Å². The number of piperazine rings is 1. The molecule has 0 aromatic heterocycles. The molecule has 194 valence electrons. The van der Waals surface area contributed by atoms with E-state index in [1.165, 1.54) is 5.69 Å². The normalized spacial score (nSPS) is 22.0. The fourth-order valence-electron chi connectivity index (χ4n) is 4.45. The van der Waals surface area contributed by atoms with Gasteiger partial charge in [-0.3, -0.25) is 0 Å². The summed E-state index contributed by atoms with van der Waals surface area (Å²) in [6.45, 7) is 8.07. The summed E-state index contributed by atoms with van der Waals surface area (Å²) in [6, 6.07) is 8.54. The summed E-state index contributed by atoms with van der Waals surface area (Å²) in [7, 11) is 5.42. The van der Waals surface area contributed by atoms with Gasteiger partial charge in [0.2, 0.25) is 0 Å². The maximum atomic E-state index is 13.1. The number of ether oxygens (including phenoxy) is 2. The minimum absolute atomic E-state index is 0.0797. The van der Waals surface area contributed by atoms with Crippen molar-refractivity contribution < 1.29 is 14.3 Å². The topological polar surface area (TPSA) is 69.6 Å². The molecular formula is C28H39N5O3. The fourth-order valence-corrected chi connectivity index (χ4v) is 4.45. The van der Waals surface area contributed by atoms with Crippen molar-refractivity contribution in [1.82, 2.24) is 15.2 Å². The molecule has 2 heterocycles. The summed E-state index contributed by atoms with van der Waals surface area (Å²) in [5, 5.41) is 9.61. The Morgan fingerprint density at radius 1 is 1.06 bits per heavy atom. The lowest BCUT2D eigenvalue weighted by Gasteiger charge is -2.34. The Bertz CT molecular complexity index is 1050. The van der Waals surface area contributed by atoms with Gasteiger partial charge in [0.1, 0.15) is 0 Å². The number of allylic oxidation sites excluding steroid dienone is 3. The van der Waals surface area contributed by atoms with Gasteiger partial charge in [0.15, 0.2) is 11.5 Å². The van der Waals surface area contributed by atoms with Gasteiger partial charge in [-0.2, -0.15) is 5.10 Å². The molecule has 8 heteroatoms. The highest BCUT2D eigenvalue weighted by Crippen LogP contribution is 2.26. The SMILES string of the molecule is C/C=C(OC)\C(=C/C1=CCC(C)N(C(=O)NC2CC2)N=C1c1ccc(N2CCN(C)CC2)cc1)OC. The lowest BCUT2D eigenvalue weighted by Crippen LogP contribution is -2.44. The number of rotatable bonds is 7. The summed E-state index contributed by atoms with van der Waals surface area (Å²) < 4.78 is 11.2. The van der Waals surface area contributed by atoms with E-state index in [0.29, 0.717) is 17.9 Å². The second kappa shape index (κ2) is 11.6. The molecule has 1 aromatic carbocycles. The first kappa shape index (κ1) is 25.8. The number of carbonyl (C=O) groups is 1. The number of urea groups is 1. The molecule has 1 unspecified atom stereocenters. The predicted molar refractivity (Wildman–Crippen MR) is 144 cm³/mol. The van der Waals surface area contributed by atoms with Crippen LogP contribution in [0, 0.1) is 0 Å². The summed E-state index contributed by atoms with van der Waals surface area (Å²) in [5.74, 6) is 1.25. The largest absolute Gasteiger partial charge is 0.493 e. The number of hydrogen-bond donors (Lipinski definition) is 1. The van der Waals surface area contributed by atoms with Gasteiger partial charge in [-0.15, -0.1) is 0 Å². The number of likely N-dealkylation sites (N-methyl/N-ethyl adjacent to an activating group) is 1. The number of nitrogens with one attached hydrogen (secondary N) is 1. The number of anilines is 1. The zero-order valence-corrected chi connectivity index (χ0v) is 22.2. The molecule has 36 heavy (non-hydrogen) atoms. The maximum Gasteiger partial charge on any atom is 0.338 e. The molecule has 4 rings (SSSR count). The highest BCUT2D eigenvalue weighted by atomic mass is 16.5. The van der Waals surface area contributed by atoms with Crippen LogP contribution in [0.5, 0.6) is 0 Å². The van der Waals surface area contributed by atoms with Crippen LogP contribution in [-0.2, 0) is 9.47 Å². The summed E-state index contributed by atoms with van der Waals surface area (Å²) in [4.78, 5) is 17.8. The second-order valence-electron chi connectivity index (χ2n) is 9.67. The molecule has 2 fully saturated rings. The van der Waals surface area contributed by atoms with E-state index in [4.69, 9.17) is 14.6 Å². The number of carbonyl (C=O) groups excluding carboxylic acids is 1. The first-order chi connectivity index (χ1) is 17.4. The Morgan fingerprint density at radius 3 is 2.31 bits per heavy atom. The molecule has 0 bridgehead atoms. The molecule has 1 saturated heterocycles. The van der Waals surface area contributed by atoms with Crippen LogP contribution >= 0.6 is 0 Å². The van der Waals surface area contributed by atoms with Crippen LogP contribution in [0.4, 0.5) is 10.5 Å². The maximum absolute atomic E-state index is 13.1. The lowest BCUT2D eigenvalue weighted by atomic mass is 9.99. The smallest absolute Gasteiger partial charge is 0.338 e. The van der Waals surface area contributed by atoms with Crippen molar-refractivity contribution >= 4 is 17.4 Å². The van der Waals surface area contributed by atoms with Crippen molar-refractivity contribution in [3.8, 4) is 0 Å². The van der Waals surface area contributed by atoms with Gasteiger partial charge >= 0.3 is 6.03 Å². The van der Waals surface area contributed by atoms with E-state index >= 15 is 0 Å². The molecule has 3 aliphatic rings. The van der Waals surface area contributed by atoms with E-state index in [1.54, 1.807) is 19.2 Å². The number of hydrazone groups is 1. The summed E-state index contributed by atoms with van der Waals surface area (Å²) in [5.41, 5.74) is 3.77. The molecule has 0 radical (unpaired) electrons. The molecule has 1 aromatic rings. The fraction of sp³-hybridized carbons (Fsp3) is 0.500. The quantitative estimate of drug-likeness (QED) is 0.457. The van der Waals surface area contributed by atoms with Gasteiger partial charge in [-0.1, -0.05) is 18.2 Å². The molecule has 0 spiro atoms.